The third-order valence-electron chi connectivity index (χ3n) is 9.13. The van der Waals surface area contributed by atoms with Crippen LogP contribution >= 0.6 is 0 Å². The van der Waals surface area contributed by atoms with Gasteiger partial charge in [0.05, 0.1) is 31.5 Å². The van der Waals surface area contributed by atoms with Gasteiger partial charge in [0.1, 0.15) is 23.9 Å². The van der Waals surface area contributed by atoms with Crippen LogP contribution in [0.2, 0.25) is 0 Å². The average Bonchev–Trinajstić information content (AvgIpc) is 3.40. The van der Waals surface area contributed by atoms with Crippen LogP contribution in [0.1, 0.15) is 78.2 Å². The molecule has 1 spiro atoms. The maximum Gasteiger partial charge on any atom is 0.573 e. The zero-order chi connectivity index (χ0) is 37.1. The van der Waals surface area contributed by atoms with E-state index in [9.17, 15) is 37.1 Å². The standard InChI is InChI=1S/C34H44F3N5O9/c1-5-6-23(26(43)29(45)38-20-9-10-20)39-28(44)25-16-33(15-24(41-51-33)19-7-11-21(12-8-19)50-34(35,36)37)18-42(25)30(46)27(32(2,3)4)40-31(47)49-22-13-14-48-17-22/h7-8,11-12,20,22-23,25,27H,5-6,9-10,13-18H2,1-4H3,(H,38,45)(H,39,44)(H,40,47)/t22-,23-,25-,27+,33+/m0/s1. The number of nitrogens with zero attached hydrogens (tertiary/aromatic N) is 2. The molecular formula is C34H44F3N5O9. The normalized spacial score (nSPS) is 24.3. The lowest BCUT2D eigenvalue weighted by Gasteiger charge is -2.35. The molecule has 4 amide bonds. The lowest BCUT2D eigenvalue weighted by atomic mass is 9.85. The van der Waals surface area contributed by atoms with Crippen LogP contribution in [-0.4, -0.2) is 102 Å². The summed E-state index contributed by atoms with van der Waals surface area (Å²) in [5.41, 5.74) is -1.29. The number of carbonyl (C=O) groups is 5. The number of ketones is 1. The first-order chi connectivity index (χ1) is 24.0. The molecule has 4 aliphatic rings. The van der Waals surface area contributed by atoms with Crippen LogP contribution in [0.4, 0.5) is 18.0 Å². The van der Waals surface area contributed by atoms with E-state index < -0.39 is 77.0 Å². The SMILES string of the molecule is CCC[C@H](NC(=O)[C@@H]1C[C@]2(CC(c3ccc(OC(F)(F)F)cc3)=NO2)CN1C(=O)[C@@H](NC(=O)O[C@H]1CCOC1)C(C)(C)C)C(=O)C(=O)NC1CC1. The number of likely N-dealkylation sites (tertiary alicyclic amines) is 1. The van der Waals surface area contributed by atoms with Gasteiger partial charge in [-0.2, -0.15) is 0 Å². The number of hydrogen-bond donors (Lipinski definition) is 3. The molecule has 1 saturated carbocycles. The molecule has 3 N–H and O–H groups in total. The van der Waals surface area contributed by atoms with Gasteiger partial charge in [0.2, 0.25) is 17.6 Å². The van der Waals surface area contributed by atoms with Crippen LogP contribution in [0, 0.1) is 5.41 Å². The van der Waals surface area contributed by atoms with Crippen LogP contribution in [0.15, 0.2) is 29.4 Å². The second kappa shape index (κ2) is 15.1. The molecule has 1 aromatic carbocycles. The van der Waals surface area contributed by atoms with Crippen molar-refractivity contribution in [2.45, 2.75) is 115 Å². The fraction of sp³-hybridized carbons (Fsp3) is 0.647. The minimum atomic E-state index is -4.86. The highest BCUT2D eigenvalue weighted by Gasteiger charge is 2.56. The summed E-state index contributed by atoms with van der Waals surface area (Å²) >= 11 is 0. The highest BCUT2D eigenvalue weighted by Crippen LogP contribution is 2.40. The van der Waals surface area contributed by atoms with E-state index >= 15 is 0 Å². The molecule has 280 valence electrons. The van der Waals surface area contributed by atoms with Crippen molar-refractivity contribution < 1.29 is 56.2 Å². The molecule has 0 radical (unpaired) electrons. The van der Waals surface area contributed by atoms with Gasteiger partial charge < -0.3 is 39.9 Å². The van der Waals surface area contributed by atoms with E-state index in [1.54, 1.807) is 27.7 Å². The third kappa shape index (κ3) is 9.68. The summed E-state index contributed by atoms with van der Waals surface area (Å²) < 4.78 is 52.8. The van der Waals surface area contributed by atoms with E-state index in [1.807, 2.05) is 0 Å². The number of Topliss-reactive ketones (excluding diaryl/α,β-unsaturated/α-hetero) is 1. The monoisotopic (exact) mass is 723 g/mol. The van der Waals surface area contributed by atoms with Crippen LogP contribution < -0.4 is 20.7 Å². The van der Waals surface area contributed by atoms with E-state index in [-0.39, 0.29) is 38.5 Å². The summed E-state index contributed by atoms with van der Waals surface area (Å²) in [6.07, 6.45) is -3.47. The first kappa shape index (κ1) is 37.8. The molecular weight excluding hydrogens is 679 g/mol. The van der Waals surface area contributed by atoms with E-state index in [0.29, 0.717) is 30.7 Å². The first-order valence-electron chi connectivity index (χ1n) is 17.1. The number of rotatable bonds is 12. The van der Waals surface area contributed by atoms with E-state index in [2.05, 4.69) is 25.8 Å². The van der Waals surface area contributed by atoms with Crippen molar-refractivity contribution in [3.05, 3.63) is 29.8 Å². The molecule has 1 aromatic rings. The molecule has 3 heterocycles. The minimum absolute atomic E-state index is 0.0703. The zero-order valence-corrected chi connectivity index (χ0v) is 29.0. The average molecular weight is 724 g/mol. The number of ether oxygens (including phenoxy) is 3. The maximum absolute atomic E-state index is 14.4. The Balaban J connectivity index is 1.38. The number of benzene rings is 1. The predicted octanol–water partition coefficient (Wildman–Crippen LogP) is 3.11. The highest BCUT2D eigenvalue weighted by molar-refractivity contribution is 6.38. The number of nitrogens with one attached hydrogen (secondary N) is 3. The maximum atomic E-state index is 14.4. The summed E-state index contributed by atoms with van der Waals surface area (Å²) in [4.78, 5) is 74.4. The van der Waals surface area contributed by atoms with Crippen molar-refractivity contribution in [2.75, 3.05) is 19.8 Å². The minimum Gasteiger partial charge on any atom is -0.444 e. The Morgan fingerprint density at radius 3 is 2.35 bits per heavy atom. The molecule has 5 rings (SSSR count). The largest absolute Gasteiger partial charge is 0.573 e. The molecule has 14 nitrogen and oxygen atoms in total. The Labute approximate surface area is 293 Å². The molecule has 0 aromatic heterocycles. The van der Waals surface area contributed by atoms with Gasteiger partial charge in [-0.25, -0.2) is 4.79 Å². The lowest BCUT2D eigenvalue weighted by molar-refractivity contribution is -0.274. The van der Waals surface area contributed by atoms with Crippen molar-refractivity contribution in [3.8, 4) is 5.75 Å². The summed E-state index contributed by atoms with van der Waals surface area (Å²) in [7, 11) is 0. The number of oxime groups is 1. The summed E-state index contributed by atoms with van der Waals surface area (Å²) in [6.45, 7) is 7.53. The van der Waals surface area contributed by atoms with Gasteiger partial charge in [-0.15, -0.1) is 13.2 Å². The zero-order valence-electron chi connectivity index (χ0n) is 29.0. The quantitative estimate of drug-likeness (QED) is 0.274. The Bertz CT molecular complexity index is 1520. The van der Waals surface area contributed by atoms with E-state index in [1.165, 1.54) is 17.0 Å². The molecule has 5 atom stereocenters. The van der Waals surface area contributed by atoms with Crippen molar-refractivity contribution in [1.29, 1.82) is 0 Å². The predicted molar refractivity (Wildman–Crippen MR) is 173 cm³/mol. The van der Waals surface area contributed by atoms with Gasteiger partial charge in [0, 0.05) is 25.3 Å². The molecule has 17 heteroatoms. The van der Waals surface area contributed by atoms with Crippen molar-refractivity contribution in [2.24, 2.45) is 10.6 Å². The smallest absolute Gasteiger partial charge is 0.444 e. The van der Waals surface area contributed by atoms with Crippen LogP contribution in [0.3, 0.4) is 0 Å². The topological polar surface area (TPSA) is 174 Å². The van der Waals surface area contributed by atoms with Crippen LogP contribution in [0.5, 0.6) is 5.75 Å². The van der Waals surface area contributed by atoms with E-state index in [4.69, 9.17) is 14.3 Å². The van der Waals surface area contributed by atoms with Gasteiger partial charge in [-0.05, 0) is 54.5 Å². The Hall–Kier alpha value is -4.41. The van der Waals surface area contributed by atoms with Gasteiger partial charge in [-0.1, -0.05) is 39.3 Å². The summed E-state index contributed by atoms with van der Waals surface area (Å²) in [5.74, 6) is -3.32. The van der Waals surface area contributed by atoms with Gasteiger partial charge in [-0.3, -0.25) is 19.2 Å². The molecule has 3 fully saturated rings. The molecule has 0 unspecified atom stereocenters. The molecule has 1 aliphatic carbocycles. The molecule has 2 saturated heterocycles. The Kier molecular flexibility index (Phi) is 11.2. The summed E-state index contributed by atoms with van der Waals surface area (Å²) in [5, 5.41) is 12.2. The number of carbonyl (C=O) groups excluding carboxylic acids is 5. The molecule has 0 bridgehead atoms. The van der Waals surface area contributed by atoms with Crippen molar-refractivity contribution in [3.63, 3.8) is 0 Å². The highest BCUT2D eigenvalue weighted by atomic mass is 19.4. The first-order valence-corrected chi connectivity index (χ1v) is 17.1. The molecule has 3 aliphatic heterocycles. The van der Waals surface area contributed by atoms with Crippen LogP contribution in [-0.2, 0) is 33.5 Å². The Morgan fingerprint density at radius 2 is 1.76 bits per heavy atom. The molecule has 51 heavy (non-hydrogen) atoms. The second-order valence-corrected chi connectivity index (χ2v) is 14.5. The van der Waals surface area contributed by atoms with Crippen molar-refractivity contribution in [1.82, 2.24) is 20.9 Å². The Morgan fingerprint density at radius 1 is 1.06 bits per heavy atom. The number of hydrogen-bond acceptors (Lipinski definition) is 10. The number of halogens is 3. The lowest BCUT2D eigenvalue weighted by Crippen LogP contribution is -2.59. The number of alkyl halides is 3. The summed E-state index contributed by atoms with van der Waals surface area (Å²) in [6, 6.07) is 1.45. The van der Waals surface area contributed by atoms with Gasteiger partial charge >= 0.3 is 12.5 Å². The third-order valence-corrected chi connectivity index (χ3v) is 9.13. The number of alkyl carbamates (subject to hydrolysis) is 1. The van der Waals surface area contributed by atoms with Gasteiger partial charge in [0.15, 0.2) is 5.60 Å². The van der Waals surface area contributed by atoms with E-state index in [0.717, 1.165) is 25.0 Å². The number of amides is 4. The fourth-order valence-electron chi connectivity index (χ4n) is 6.32. The van der Waals surface area contributed by atoms with Crippen molar-refractivity contribution >= 4 is 35.3 Å². The second-order valence-electron chi connectivity index (χ2n) is 14.5. The fourth-order valence-corrected chi connectivity index (χ4v) is 6.32. The van der Waals surface area contributed by atoms with Gasteiger partial charge in [0.25, 0.3) is 5.91 Å². The van der Waals surface area contributed by atoms with Crippen LogP contribution in [0.25, 0.3) is 0 Å².